The van der Waals surface area contributed by atoms with E-state index in [-0.39, 0.29) is 27.8 Å². The second kappa shape index (κ2) is 8.90. The number of halogens is 8. The zero-order valence-electron chi connectivity index (χ0n) is 15.2. The normalized spacial score (nSPS) is 13.3. The summed E-state index contributed by atoms with van der Waals surface area (Å²) in [5, 5.41) is 6.45. The van der Waals surface area contributed by atoms with Gasteiger partial charge in [0.2, 0.25) is 0 Å². The highest BCUT2D eigenvalue weighted by atomic mass is 35.5. The molecule has 0 aliphatic rings. The Hall–Kier alpha value is -2.18. The van der Waals surface area contributed by atoms with Crippen LogP contribution in [0.2, 0.25) is 10.0 Å². The van der Waals surface area contributed by atoms with Crippen molar-refractivity contribution in [1.29, 1.82) is 0 Å². The Morgan fingerprint density at radius 1 is 1.27 bits per heavy atom. The minimum Gasteiger partial charge on any atom is -0.428 e. The molecule has 14 heteroatoms. The molecule has 166 valence electrons. The fourth-order valence-corrected chi connectivity index (χ4v) is 2.75. The lowest BCUT2D eigenvalue weighted by Gasteiger charge is -2.22. The Kier molecular flexibility index (Phi) is 7.15. The summed E-state index contributed by atoms with van der Waals surface area (Å²) in [5.41, 5.74) is 0.771. The number of benzene rings is 1. The maximum absolute atomic E-state index is 13.4. The number of hydrogen-bond acceptors (Lipinski definition) is 4. The lowest BCUT2D eigenvalue weighted by Crippen LogP contribution is -2.41. The van der Waals surface area contributed by atoms with Gasteiger partial charge in [-0.05, 0) is 24.6 Å². The van der Waals surface area contributed by atoms with Gasteiger partial charge in [0.05, 0.1) is 10.7 Å². The van der Waals surface area contributed by atoms with Crippen LogP contribution in [-0.2, 0) is 18.3 Å². The van der Waals surface area contributed by atoms with E-state index in [9.17, 15) is 31.1 Å². The van der Waals surface area contributed by atoms with Gasteiger partial charge in [0.25, 0.3) is 5.91 Å². The number of rotatable bonds is 7. The van der Waals surface area contributed by atoms with Crippen LogP contribution in [0.4, 0.5) is 26.3 Å². The minimum absolute atomic E-state index is 0.0866. The molecule has 1 N–H and O–H groups in total. The number of aromatic nitrogens is 2. The zero-order valence-corrected chi connectivity index (χ0v) is 16.7. The van der Waals surface area contributed by atoms with E-state index in [0.717, 1.165) is 18.2 Å². The molecular formula is C16H13Cl2F6N3O3. The molecule has 1 aromatic heterocycles. The highest BCUT2D eigenvalue weighted by molar-refractivity contribution is 6.34. The largest absolute Gasteiger partial charge is 0.525 e. The predicted molar refractivity (Wildman–Crippen MR) is 93.2 cm³/mol. The molecule has 1 unspecified atom stereocenters. The average Bonchev–Trinajstić information content (AvgIpc) is 2.84. The van der Waals surface area contributed by atoms with Gasteiger partial charge in [-0.1, -0.05) is 29.3 Å². The second-order valence-electron chi connectivity index (χ2n) is 5.85. The summed E-state index contributed by atoms with van der Waals surface area (Å²) in [7, 11) is 1.51. The Bertz CT molecular complexity index is 936. The van der Waals surface area contributed by atoms with Crippen LogP contribution >= 0.6 is 23.2 Å². The standard InChI is InChI=1S/C16H13Cl2F6N3O3/c1-7-11(18)12(27(2)26-7)13(28)25-6-8-3-4-9(5-10(8)17)29-15(20,21)14(19)30-16(22,23)24/h3-5,14H,6H2,1-2H3,(H,25,28). The summed E-state index contributed by atoms with van der Waals surface area (Å²) in [6.45, 7) is 1.45. The van der Waals surface area contributed by atoms with Crippen molar-refractivity contribution in [2.75, 3.05) is 0 Å². The van der Waals surface area contributed by atoms with E-state index < -0.39 is 30.5 Å². The lowest BCUT2D eigenvalue weighted by atomic mass is 10.2. The van der Waals surface area contributed by atoms with Crippen LogP contribution in [0.25, 0.3) is 0 Å². The number of hydrogen-bond donors (Lipinski definition) is 1. The summed E-state index contributed by atoms with van der Waals surface area (Å²) in [4.78, 5) is 12.3. The minimum atomic E-state index is -5.62. The molecule has 0 saturated carbocycles. The maximum atomic E-state index is 13.4. The first-order chi connectivity index (χ1) is 13.7. The quantitative estimate of drug-likeness (QED) is 0.581. The highest BCUT2D eigenvalue weighted by Gasteiger charge is 2.50. The van der Waals surface area contributed by atoms with Crippen molar-refractivity contribution in [3.8, 4) is 5.75 Å². The molecule has 0 bridgehead atoms. The lowest BCUT2D eigenvalue weighted by molar-refractivity contribution is -0.411. The first kappa shape index (κ1) is 24.1. The number of carbonyl (C=O) groups is 1. The number of amides is 1. The summed E-state index contributed by atoms with van der Waals surface area (Å²) >= 11 is 11.9. The zero-order chi connectivity index (χ0) is 22.9. The number of aryl methyl sites for hydroxylation is 2. The smallest absolute Gasteiger partial charge is 0.428 e. The van der Waals surface area contributed by atoms with E-state index >= 15 is 0 Å². The summed E-state index contributed by atoms with van der Waals surface area (Å²) in [6.07, 6.45) is -14.7. The van der Waals surface area contributed by atoms with Crippen molar-refractivity contribution < 1.29 is 40.6 Å². The SMILES string of the molecule is Cc1nn(C)c(C(=O)NCc2ccc(OC(F)(F)C(F)OC(F)(F)F)cc2Cl)c1Cl. The van der Waals surface area contributed by atoms with E-state index in [4.69, 9.17) is 23.2 Å². The van der Waals surface area contributed by atoms with Crippen molar-refractivity contribution in [3.63, 3.8) is 0 Å². The van der Waals surface area contributed by atoms with E-state index in [1.54, 1.807) is 6.92 Å². The third kappa shape index (κ3) is 5.92. The molecule has 0 fully saturated rings. The molecule has 1 amide bonds. The third-order valence-corrected chi connectivity index (χ3v) is 4.39. The van der Waals surface area contributed by atoms with Gasteiger partial charge < -0.3 is 10.1 Å². The molecule has 0 aliphatic heterocycles. The average molecular weight is 480 g/mol. The maximum Gasteiger partial charge on any atom is 0.525 e. The number of carbonyl (C=O) groups excluding carboxylic acids is 1. The summed E-state index contributed by atoms with van der Waals surface area (Å²) in [6, 6.07) is 2.88. The van der Waals surface area contributed by atoms with E-state index in [1.807, 2.05) is 0 Å². The van der Waals surface area contributed by atoms with Gasteiger partial charge in [0.1, 0.15) is 11.4 Å². The van der Waals surface area contributed by atoms with E-state index in [0.29, 0.717) is 5.69 Å². The first-order valence-electron chi connectivity index (χ1n) is 7.92. The fraction of sp³-hybridized carbons (Fsp3) is 0.375. The summed E-state index contributed by atoms with van der Waals surface area (Å²) < 4.78 is 83.5. The Labute approximate surface area is 175 Å². The van der Waals surface area contributed by atoms with Gasteiger partial charge in [0, 0.05) is 18.6 Å². The highest BCUT2D eigenvalue weighted by Crippen LogP contribution is 2.33. The number of nitrogens with one attached hydrogen (secondary N) is 1. The molecule has 30 heavy (non-hydrogen) atoms. The molecule has 0 aliphatic carbocycles. The molecule has 2 rings (SSSR count). The molecule has 0 saturated heterocycles. The van der Waals surface area contributed by atoms with Crippen LogP contribution < -0.4 is 10.1 Å². The predicted octanol–water partition coefficient (Wildman–Crippen LogP) is 4.77. The monoisotopic (exact) mass is 479 g/mol. The molecular weight excluding hydrogens is 467 g/mol. The van der Waals surface area contributed by atoms with Gasteiger partial charge in [-0.2, -0.15) is 13.9 Å². The van der Waals surface area contributed by atoms with Crippen molar-refractivity contribution in [2.45, 2.75) is 32.3 Å². The van der Waals surface area contributed by atoms with Crippen LogP contribution in [-0.4, -0.2) is 34.5 Å². The number of alkyl halides is 6. The van der Waals surface area contributed by atoms with Crippen molar-refractivity contribution in [2.24, 2.45) is 7.05 Å². The van der Waals surface area contributed by atoms with E-state index in [2.05, 4.69) is 19.9 Å². The first-order valence-corrected chi connectivity index (χ1v) is 8.68. The Morgan fingerprint density at radius 2 is 1.90 bits per heavy atom. The van der Waals surface area contributed by atoms with Gasteiger partial charge in [-0.25, -0.2) is 9.13 Å². The second-order valence-corrected chi connectivity index (χ2v) is 6.64. The topological polar surface area (TPSA) is 65.4 Å². The van der Waals surface area contributed by atoms with Crippen LogP contribution in [0.3, 0.4) is 0 Å². The molecule has 0 radical (unpaired) electrons. The van der Waals surface area contributed by atoms with Gasteiger partial charge in [-0.3, -0.25) is 9.48 Å². The Balaban J connectivity index is 2.05. The molecule has 1 aromatic carbocycles. The van der Waals surface area contributed by atoms with Crippen molar-refractivity contribution in [1.82, 2.24) is 15.1 Å². The van der Waals surface area contributed by atoms with Crippen molar-refractivity contribution in [3.05, 3.63) is 45.2 Å². The molecule has 6 nitrogen and oxygen atoms in total. The fourth-order valence-electron chi connectivity index (χ4n) is 2.26. The molecule has 1 heterocycles. The van der Waals surface area contributed by atoms with E-state index in [1.165, 1.54) is 11.7 Å². The summed E-state index contributed by atoms with van der Waals surface area (Å²) in [5.74, 6) is -1.31. The molecule has 0 spiro atoms. The van der Waals surface area contributed by atoms with Gasteiger partial charge >= 0.3 is 18.8 Å². The van der Waals surface area contributed by atoms with Crippen LogP contribution in [0, 0.1) is 6.92 Å². The van der Waals surface area contributed by atoms with Crippen LogP contribution in [0.15, 0.2) is 18.2 Å². The number of nitrogens with zero attached hydrogens (tertiary/aromatic N) is 2. The molecule has 1 atom stereocenters. The van der Waals surface area contributed by atoms with Crippen LogP contribution in [0.5, 0.6) is 5.75 Å². The Morgan fingerprint density at radius 3 is 2.40 bits per heavy atom. The molecule has 2 aromatic rings. The number of ether oxygens (including phenoxy) is 2. The van der Waals surface area contributed by atoms with Crippen LogP contribution in [0.1, 0.15) is 21.7 Å². The van der Waals surface area contributed by atoms with Gasteiger partial charge in [-0.15, -0.1) is 13.2 Å². The third-order valence-electron chi connectivity index (χ3n) is 3.58. The van der Waals surface area contributed by atoms with Crippen molar-refractivity contribution >= 4 is 29.1 Å². The van der Waals surface area contributed by atoms with Gasteiger partial charge in [0.15, 0.2) is 0 Å².